The molecule has 1 aromatic rings. The molecule has 0 saturated heterocycles. The first-order valence-corrected chi connectivity index (χ1v) is 6.91. The summed E-state index contributed by atoms with van der Waals surface area (Å²) in [5, 5.41) is 9.55. The Bertz CT molecular complexity index is 471. The molecule has 0 bridgehead atoms. The van der Waals surface area contributed by atoms with E-state index in [0.29, 0.717) is 10.6 Å². The zero-order valence-corrected chi connectivity index (χ0v) is 12.0. The summed E-state index contributed by atoms with van der Waals surface area (Å²) in [4.78, 5) is 11.3. The largest absolute Gasteiger partial charge is 0.480 e. The first-order chi connectivity index (χ1) is 8.23. The normalized spacial score (nSPS) is 15.1. The van der Waals surface area contributed by atoms with Gasteiger partial charge in [0.25, 0.3) is 0 Å². The molecule has 1 unspecified atom stereocenters. The summed E-state index contributed by atoms with van der Waals surface area (Å²) < 4.78 is 14.0. The van der Waals surface area contributed by atoms with Gasteiger partial charge in [0, 0.05) is 5.02 Å². The van der Waals surface area contributed by atoms with E-state index in [2.05, 4.69) is 4.72 Å². The number of aliphatic carboxylic acids is 1. The fourth-order valence-corrected chi connectivity index (χ4v) is 2.28. The van der Waals surface area contributed by atoms with Crippen LogP contribution in [-0.4, -0.2) is 20.0 Å². The second kappa shape index (κ2) is 5.82. The molecule has 1 aromatic carbocycles. The van der Waals surface area contributed by atoms with Crippen molar-refractivity contribution >= 4 is 28.6 Å². The van der Waals surface area contributed by atoms with Crippen LogP contribution in [0.25, 0.3) is 0 Å². The molecular formula is C12H16ClNO3S. The summed E-state index contributed by atoms with van der Waals surface area (Å²) in [5.74, 6) is -1.11. The summed E-state index contributed by atoms with van der Waals surface area (Å²) in [6, 6.07) is 5.53. The minimum atomic E-state index is -1.49. The SMILES string of the molecule is CC(C)(C)S(=O)N[C@H](C(=O)O)c1ccccc1Cl. The highest BCUT2D eigenvalue weighted by atomic mass is 35.5. The standard InChI is InChI=1S/C12H16ClNO3S/c1-12(2,3)18(17)14-10(11(15)16)8-6-4-5-7-9(8)13/h4-7,10,14H,1-3H3,(H,15,16)/t10-,18?/m0/s1. The van der Waals surface area contributed by atoms with Gasteiger partial charge in [-0.1, -0.05) is 29.8 Å². The van der Waals surface area contributed by atoms with Crippen LogP contribution in [0.2, 0.25) is 5.02 Å². The van der Waals surface area contributed by atoms with Gasteiger partial charge in [-0.15, -0.1) is 0 Å². The number of hydrogen-bond donors (Lipinski definition) is 2. The summed E-state index contributed by atoms with van der Waals surface area (Å²) >= 11 is 5.96. The molecular weight excluding hydrogens is 274 g/mol. The highest BCUT2D eigenvalue weighted by Crippen LogP contribution is 2.24. The van der Waals surface area contributed by atoms with E-state index in [0.717, 1.165) is 0 Å². The van der Waals surface area contributed by atoms with Crippen LogP contribution in [0.4, 0.5) is 0 Å². The summed E-state index contributed by atoms with van der Waals surface area (Å²) in [7, 11) is -1.49. The minimum Gasteiger partial charge on any atom is -0.480 e. The molecule has 2 atom stereocenters. The zero-order valence-electron chi connectivity index (χ0n) is 10.4. The van der Waals surface area contributed by atoms with Crippen LogP contribution < -0.4 is 4.72 Å². The van der Waals surface area contributed by atoms with Gasteiger partial charge in [0.05, 0.1) is 15.7 Å². The van der Waals surface area contributed by atoms with Gasteiger partial charge in [-0.05, 0) is 32.4 Å². The number of carboxylic acids is 1. The van der Waals surface area contributed by atoms with Gasteiger partial charge in [0.2, 0.25) is 0 Å². The maximum Gasteiger partial charge on any atom is 0.326 e. The fourth-order valence-electron chi connectivity index (χ4n) is 1.24. The van der Waals surface area contributed by atoms with E-state index in [1.54, 1.807) is 45.0 Å². The van der Waals surface area contributed by atoms with Crippen LogP contribution in [0.5, 0.6) is 0 Å². The van der Waals surface area contributed by atoms with Gasteiger partial charge in [-0.25, -0.2) is 8.93 Å². The Morgan fingerprint density at radius 2 is 1.94 bits per heavy atom. The average molecular weight is 290 g/mol. The molecule has 0 aliphatic rings. The van der Waals surface area contributed by atoms with Crippen molar-refractivity contribution in [3.63, 3.8) is 0 Å². The number of halogens is 1. The second-order valence-electron chi connectivity index (χ2n) is 4.79. The Hall–Kier alpha value is -0.910. The van der Waals surface area contributed by atoms with Crippen molar-refractivity contribution in [1.82, 2.24) is 4.72 Å². The van der Waals surface area contributed by atoms with E-state index in [-0.39, 0.29) is 0 Å². The van der Waals surface area contributed by atoms with E-state index in [1.165, 1.54) is 0 Å². The number of carbonyl (C=O) groups is 1. The first kappa shape index (κ1) is 15.1. The molecule has 0 amide bonds. The highest BCUT2D eigenvalue weighted by Gasteiger charge is 2.28. The maximum absolute atomic E-state index is 12.0. The van der Waals surface area contributed by atoms with E-state index >= 15 is 0 Å². The lowest BCUT2D eigenvalue weighted by atomic mass is 10.1. The Morgan fingerprint density at radius 3 is 2.39 bits per heavy atom. The molecule has 0 spiro atoms. The summed E-state index contributed by atoms with van der Waals surface area (Å²) in [6.45, 7) is 5.30. The molecule has 4 nitrogen and oxygen atoms in total. The molecule has 0 radical (unpaired) electrons. The number of hydrogen-bond acceptors (Lipinski definition) is 2. The predicted octanol–water partition coefficient (Wildman–Crippen LogP) is 2.52. The molecule has 0 aliphatic heterocycles. The van der Waals surface area contributed by atoms with Crippen LogP contribution in [0.3, 0.4) is 0 Å². The molecule has 0 aliphatic carbocycles. The predicted molar refractivity (Wildman–Crippen MR) is 72.9 cm³/mol. The molecule has 0 heterocycles. The first-order valence-electron chi connectivity index (χ1n) is 5.39. The number of nitrogens with one attached hydrogen (secondary N) is 1. The van der Waals surface area contributed by atoms with Crippen molar-refractivity contribution in [3.05, 3.63) is 34.9 Å². The molecule has 18 heavy (non-hydrogen) atoms. The minimum absolute atomic E-state index is 0.336. The maximum atomic E-state index is 12.0. The second-order valence-corrected chi connectivity index (χ2v) is 7.20. The number of carboxylic acid groups (broad SMARTS) is 1. The van der Waals surface area contributed by atoms with E-state index in [9.17, 15) is 14.1 Å². The lowest BCUT2D eigenvalue weighted by Crippen LogP contribution is -2.38. The van der Waals surface area contributed by atoms with Crippen molar-refractivity contribution in [2.45, 2.75) is 31.6 Å². The van der Waals surface area contributed by atoms with Crippen molar-refractivity contribution < 1.29 is 14.1 Å². The third kappa shape index (κ3) is 3.80. The quantitative estimate of drug-likeness (QED) is 0.895. The van der Waals surface area contributed by atoms with Gasteiger partial charge in [-0.3, -0.25) is 4.79 Å². The molecule has 0 saturated carbocycles. The van der Waals surface area contributed by atoms with Crippen LogP contribution in [0, 0.1) is 0 Å². The van der Waals surface area contributed by atoms with Gasteiger partial charge in [-0.2, -0.15) is 0 Å². The van der Waals surface area contributed by atoms with Crippen molar-refractivity contribution in [1.29, 1.82) is 0 Å². The van der Waals surface area contributed by atoms with Crippen LogP contribution in [-0.2, 0) is 15.8 Å². The molecule has 1 rings (SSSR count). The highest BCUT2D eigenvalue weighted by molar-refractivity contribution is 7.84. The Balaban J connectivity index is 3.03. The smallest absolute Gasteiger partial charge is 0.326 e. The van der Waals surface area contributed by atoms with Gasteiger partial charge in [0.15, 0.2) is 0 Å². The Morgan fingerprint density at radius 1 is 1.39 bits per heavy atom. The van der Waals surface area contributed by atoms with Gasteiger partial charge < -0.3 is 5.11 Å². The molecule has 100 valence electrons. The summed E-state index contributed by atoms with van der Waals surface area (Å²) in [5.41, 5.74) is 0.407. The van der Waals surface area contributed by atoms with Crippen LogP contribution in [0.15, 0.2) is 24.3 Å². The average Bonchev–Trinajstić information content (AvgIpc) is 2.25. The van der Waals surface area contributed by atoms with Gasteiger partial charge in [0.1, 0.15) is 6.04 Å². The Kier molecular flexibility index (Phi) is 4.90. The molecule has 2 N–H and O–H groups in total. The molecule has 0 aromatic heterocycles. The third-order valence-electron chi connectivity index (χ3n) is 2.24. The van der Waals surface area contributed by atoms with Crippen molar-refractivity contribution in [2.75, 3.05) is 0 Å². The zero-order chi connectivity index (χ0) is 13.9. The van der Waals surface area contributed by atoms with E-state index in [4.69, 9.17) is 11.6 Å². The van der Waals surface area contributed by atoms with Crippen LogP contribution >= 0.6 is 11.6 Å². The topological polar surface area (TPSA) is 66.4 Å². The van der Waals surface area contributed by atoms with Crippen molar-refractivity contribution in [3.8, 4) is 0 Å². The lowest BCUT2D eigenvalue weighted by molar-refractivity contribution is -0.139. The van der Waals surface area contributed by atoms with E-state index in [1.807, 2.05) is 0 Å². The molecule has 6 heteroatoms. The van der Waals surface area contributed by atoms with Gasteiger partial charge >= 0.3 is 5.97 Å². The molecule has 0 fully saturated rings. The monoisotopic (exact) mass is 289 g/mol. The Labute approximate surface area is 114 Å². The fraction of sp³-hybridized carbons (Fsp3) is 0.417. The number of rotatable bonds is 4. The lowest BCUT2D eigenvalue weighted by Gasteiger charge is -2.22. The third-order valence-corrected chi connectivity index (χ3v) is 4.15. The summed E-state index contributed by atoms with van der Waals surface area (Å²) in [6.07, 6.45) is 0. The van der Waals surface area contributed by atoms with Crippen molar-refractivity contribution in [2.24, 2.45) is 0 Å². The number of benzene rings is 1. The van der Waals surface area contributed by atoms with Crippen LogP contribution in [0.1, 0.15) is 32.4 Å². The van der Waals surface area contributed by atoms with E-state index < -0.39 is 27.7 Å².